The summed E-state index contributed by atoms with van der Waals surface area (Å²) >= 11 is 0. The summed E-state index contributed by atoms with van der Waals surface area (Å²) in [4.78, 5) is 24.8. The second-order valence-electron chi connectivity index (χ2n) is 7.18. The molecular formula is C24H19N3O4. The van der Waals surface area contributed by atoms with Crippen LogP contribution in [0.1, 0.15) is 0 Å². The molecule has 0 bridgehead atoms. The molecule has 4 aromatic rings. The number of hydrogen-bond donors (Lipinski definition) is 1. The topological polar surface area (TPSA) is 82.5 Å². The fraction of sp³-hybridized carbons (Fsp3) is 0.125. The highest BCUT2D eigenvalue weighted by atomic mass is 16.6. The molecule has 3 aromatic carbocycles. The Morgan fingerprint density at radius 2 is 1.71 bits per heavy atom. The van der Waals surface area contributed by atoms with Crippen molar-refractivity contribution < 1.29 is 14.3 Å². The van der Waals surface area contributed by atoms with E-state index in [0.717, 1.165) is 21.0 Å². The predicted molar refractivity (Wildman–Crippen MR) is 118 cm³/mol. The minimum atomic E-state index is -0.359. The molecule has 1 N–H and O–H groups in total. The van der Waals surface area contributed by atoms with Crippen molar-refractivity contribution >= 4 is 22.4 Å². The number of anilines is 1. The highest BCUT2D eigenvalue weighted by molar-refractivity contribution is 5.91. The van der Waals surface area contributed by atoms with Crippen LogP contribution >= 0.6 is 0 Å². The molecule has 1 aliphatic rings. The highest BCUT2D eigenvalue weighted by Crippen LogP contribution is 2.32. The molecule has 5 rings (SSSR count). The van der Waals surface area contributed by atoms with Crippen LogP contribution in [0.15, 0.2) is 77.6 Å². The van der Waals surface area contributed by atoms with Crippen LogP contribution in [0.3, 0.4) is 0 Å². The van der Waals surface area contributed by atoms with Crippen LogP contribution < -0.4 is 20.3 Å². The number of fused-ring (bicyclic) bond motifs is 2. The zero-order valence-electron chi connectivity index (χ0n) is 16.6. The SMILES string of the molecule is O=C(Cn1nc(-c2ccc3ccccc3c2)ccc1=O)Nc1ccc2c(c1)OCCO2. The average molecular weight is 413 g/mol. The number of nitrogens with one attached hydrogen (secondary N) is 1. The third kappa shape index (κ3) is 3.98. The summed E-state index contributed by atoms with van der Waals surface area (Å²) in [6, 6.07) is 22.3. The van der Waals surface area contributed by atoms with Gasteiger partial charge in [0.2, 0.25) is 5.91 Å². The number of rotatable bonds is 4. The minimum absolute atomic E-state index is 0.200. The van der Waals surface area contributed by atoms with Gasteiger partial charge in [0, 0.05) is 23.4 Å². The van der Waals surface area contributed by atoms with E-state index in [4.69, 9.17) is 9.47 Å². The molecule has 1 aliphatic heterocycles. The van der Waals surface area contributed by atoms with Gasteiger partial charge in [-0.1, -0.05) is 36.4 Å². The average Bonchev–Trinajstić information content (AvgIpc) is 2.80. The van der Waals surface area contributed by atoms with Crippen molar-refractivity contribution in [1.82, 2.24) is 9.78 Å². The number of carbonyl (C=O) groups excluding carboxylic acids is 1. The molecule has 2 heterocycles. The second-order valence-corrected chi connectivity index (χ2v) is 7.18. The molecule has 0 saturated heterocycles. The highest BCUT2D eigenvalue weighted by Gasteiger charge is 2.14. The maximum atomic E-state index is 12.5. The number of nitrogens with zero attached hydrogens (tertiary/aromatic N) is 2. The summed E-state index contributed by atoms with van der Waals surface area (Å²) in [5.74, 6) is 0.866. The lowest BCUT2D eigenvalue weighted by Crippen LogP contribution is -2.29. The first kappa shape index (κ1) is 18.9. The molecule has 0 fully saturated rings. The number of hydrogen-bond acceptors (Lipinski definition) is 5. The Morgan fingerprint density at radius 1 is 0.903 bits per heavy atom. The van der Waals surface area contributed by atoms with Crippen molar-refractivity contribution in [2.45, 2.75) is 6.54 Å². The van der Waals surface area contributed by atoms with E-state index >= 15 is 0 Å². The Balaban J connectivity index is 1.36. The molecule has 0 saturated carbocycles. The Labute approximate surface area is 177 Å². The van der Waals surface area contributed by atoms with Crippen LogP contribution in [-0.2, 0) is 11.3 Å². The first-order valence-corrected chi connectivity index (χ1v) is 9.92. The van der Waals surface area contributed by atoms with Gasteiger partial charge in [-0.25, -0.2) is 4.68 Å². The van der Waals surface area contributed by atoms with Gasteiger partial charge < -0.3 is 14.8 Å². The minimum Gasteiger partial charge on any atom is -0.486 e. The van der Waals surface area contributed by atoms with Crippen LogP contribution in [0.4, 0.5) is 5.69 Å². The predicted octanol–water partition coefficient (Wildman–Crippen LogP) is 3.47. The third-order valence-corrected chi connectivity index (χ3v) is 5.03. The Bertz CT molecular complexity index is 1350. The second kappa shape index (κ2) is 7.95. The Kier molecular flexibility index (Phi) is 4.84. The lowest BCUT2D eigenvalue weighted by atomic mass is 10.1. The van der Waals surface area contributed by atoms with Gasteiger partial charge >= 0.3 is 0 Å². The molecule has 7 nitrogen and oxygen atoms in total. The van der Waals surface area contributed by atoms with Crippen molar-refractivity contribution in [3.63, 3.8) is 0 Å². The fourth-order valence-corrected chi connectivity index (χ4v) is 3.52. The molecule has 0 aliphatic carbocycles. The van der Waals surface area contributed by atoms with Crippen molar-refractivity contribution in [1.29, 1.82) is 0 Å². The monoisotopic (exact) mass is 413 g/mol. The summed E-state index contributed by atoms with van der Waals surface area (Å²) in [5, 5.41) is 9.38. The largest absolute Gasteiger partial charge is 0.486 e. The molecule has 1 amide bonds. The van der Waals surface area contributed by atoms with E-state index in [2.05, 4.69) is 10.4 Å². The van der Waals surface area contributed by atoms with Gasteiger partial charge in [0.25, 0.3) is 5.56 Å². The summed E-state index contributed by atoms with van der Waals surface area (Å²) in [6.07, 6.45) is 0. The molecule has 0 unspecified atom stereocenters. The van der Waals surface area contributed by atoms with Crippen molar-refractivity contribution in [2.75, 3.05) is 18.5 Å². The summed E-state index contributed by atoms with van der Waals surface area (Å²) in [6.45, 7) is 0.765. The Hall–Kier alpha value is -4.13. The standard InChI is InChI=1S/C24H19N3O4/c28-23(25-19-7-9-21-22(14-19)31-12-11-30-21)15-27-24(29)10-8-20(26-27)18-6-5-16-3-1-2-4-17(16)13-18/h1-10,13-14H,11-12,15H2,(H,25,28). The maximum Gasteiger partial charge on any atom is 0.267 e. The third-order valence-electron chi connectivity index (χ3n) is 5.03. The molecule has 0 radical (unpaired) electrons. The smallest absolute Gasteiger partial charge is 0.267 e. The first-order valence-electron chi connectivity index (χ1n) is 9.92. The van der Waals surface area contributed by atoms with E-state index < -0.39 is 0 Å². The van der Waals surface area contributed by atoms with Gasteiger partial charge in [-0.05, 0) is 35.0 Å². The van der Waals surface area contributed by atoms with E-state index in [-0.39, 0.29) is 18.0 Å². The van der Waals surface area contributed by atoms with Crippen molar-refractivity contribution in [3.8, 4) is 22.8 Å². The first-order chi connectivity index (χ1) is 15.2. The van der Waals surface area contributed by atoms with Gasteiger partial charge in [0.05, 0.1) is 5.69 Å². The quantitative estimate of drug-likeness (QED) is 0.554. The van der Waals surface area contributed by atoms with Crippen LogP contribution in [0.25, 0.3) is 22.0 Å². The van der Waals surface area contributed by atoms with Gasteiger partial charge in [-0.3, -0.25) is 9.59 Å². The zero-order chi connectivity index (χ0) is 21.2. The molecular weight excluding hydrogens is 394 g/mol. The Morgan fingerprint density at radius 3 is 2.58 bits per heavy atom. The van der Waals surface area contributed by atoms with E-state index in [0.29, 0.717) is 36.1 Å². The lowest BCUT2D eigenvalue weighted by molar-refractivity contribution is -0.117. The number of benzene rings is 3. The molecule has 1 aromatic heterocycles. The maximum absolute atomic E-state index is 12.5. The summed E-state index contributed by atoms with van der Waals surface area (Å²) in [7, 11) is 0. The molecule has 0 spiro atoms. The fourth-order valence-electron chi connectivity index (χ4n) is 3.52. The van der Waals surface area contributed by atoms with E-state index in [1.54, 1.807) is 24.3 Å². The van der Waals surface area contributed by atoms with Crippen LogP contribution in [0.2, 0.25) is 0 Å². The number of amides is 1. The summed E-state index contributed by atoms with van der Waals surface area (Å²) in [5.41, 5.74) is 1.71. The molecule has 7 heteroatoms. The van der Waals surface area contributed by atoms with Crippen LogP contribution in [-0.4, -0.2) is 28.9 Å². The van der Waals surface area contributed by atoms with E-state index in [9.17, 15) is 9.59 Å². The van der Waals surface area contributed by atoms with Crippen LogP contribution in [0, 0.1) is 0 Å². The number of carbonyl (C=O) groups is 1. The van der Waals surface area contributed by atoms with E-state index in [1.165, 1.54) is 6.07 Å². The molecule has 31 heavy (non-hydrogen) atoms. The van der Waals surface area contributed by atoms with Crippen molar-refractivity contribution in [2.24, 2.45) is 0 Å². The van der Waals surface area contributed by atoms with Gasteiger partial charge in [0.15, 0.2) is 11.5 Å². The van der Waals surface area contributed by atoms with Gasteiger partial charge in [-0.15, -0.1) is 0 Å². The van der Waals surface area contributed by atoms with Gasteiger partial charge in [-0.2, -0.15) is 5.10 Å². The molecule has 0 atom stereocenters. The van der Waals surface area contributed by atoms with Crippen LogP contribution in [0.5, 0.6) is 11.5 Å². The van der Waals surface area contributed by atoms with E-state index in [1.807, 2.05) is 42.5 Å². The number of ether oxygens (including phenoxy) is 2. The zero-order valence-corrected chi connectivity index (χ0v) is 16.6. The van der Waals surface area contributed by atoms with Gasteiger partial charge in [0.1, 0.15) is 19.8 Å². The lowest BCUT2D eigenvalue weighted by Gasteiger charge is -2.19. The normalized spacial score (nSPS) is 12.5. The number of aromatic nitrogens is 2. The van der Waals surface area contributed by atoms with Crippen molar-refractivity contribution in [3.05, 3.63) is 83.2 Å². The summed E-state index contributed by atoms with van der Waals surface area (Å²) < 4.78 is 12.2. The molecule has 154 valence electrons.